The molecule has 1 aliphatic heterocycles. The summed E-state index contributed by atoms with van der Waals surface area (Å²) >= 11 is 0. The average Bonchev–Trinajstić information content (AvgIpc) is 3.05. The number of imide groups is 1. The Balaban J connectivity index is 1.42. The van der Waals surface area contributed by atoms with Gasteiger partial charge in [-0.25, -0.2) is 14.2 Å². The third kappa shape index (κ3) is 3.47. The molecule has 2 heterocycles. The van der Waals surface area contributed by atoms with Crippen molar-refractivity contribution in [1.82, 2.24) is 25.3 Å². The Labute approximate surface area is 193 Å². The van der Waals surface area contributed by atoms with Gasteiger partial charge in [-0.15, -0.1) is 0 Å². The maximum absolute atomic E-state index is 13.0. The number of hydrogen-bond donors (Lipinski definition) is 3. The van der Waals surface area contributed by atoms with Crippen molar-refractivity contribution in [3.05, 3.63) is 74.9 Å². The van der Waals surface area contributed by atoms with Gasteiger partial charge in [0, 0.05) is 5.56 Å². The van der Waals surface area contributed by atoms with Crippen molar-refractivity contribution in [3.8, 4) is 5.69 Å². The zero-order valence-electron chi connectivity index (χ0n) is 18.5. The van der Waals surface area contributed by atoms with Gasteiger partial charge in [0.2, 0.25) is 0 Å². The molecule has 1 spiro atoms. The summed E-state index contributed by atoms with van der Waals surface area (Å²) in [4.78, 5) is 66.4. The van der Waals surface area contributed by atoms with E-state index in [0.717, 1.165) is 22.4 Å². The first-order chi connectivity index (χ1) is 16.3. The van der Waals surface area contributed by atoms with Crippen LogP contribution in [0.2, 0.25) is 0 Å². The number of hydrogen-bond acceptors (Lipinski definition) is 5. The Bertz CT molecular complexity index is 1430. The zero-order chi connectivity index (χ0) is 24.0. The molecule has 174 valence electrons. The van der Waals surface area contributed by atoms with E-state index in [4.69, 9.17) is 0 Å². The highest BCUT2D eigenvalue weighted by Crippen LogP contribution is 2.35. The molecular formula is C24H23N5O5. The molecule has 3 N–H and O–H groups in total. The molecule has 0 atom stereocenters. The van der Waals surface area contributed by atoms with Gasteiger partial charge in [-0.2, -0.15) is 5.01 Å². The van der Waals surface area contributed by atoms with E-state index in [9.17, 15) is 24.0 Å². The number of hydrazine groups is 1. The van der Waals surface area contributed by atoms with Crippen LogP contribution in [0.1, 0.15) is 43.0 Å². The summed E-state index contributed by atoms with van der Waals surface area (Å²) in [5.74, 6) is -0.706. The highest BCUT2D eigenvalue weighted by molar-refractivity contribution is 6.09. The van der Waals surface area contributed by atoms with E-state index in [2.05, 4.69) is 22.7 Å². The van der Waals surface area contributed by atoms with Gasteiger partial charge in [0.1, 0.15) is 5.54 Å². The standard InChI is InChI=1S/C24H23N5O5/c1-14-9-11-24(12-10-14)21(32)29(23(34)26-24)27-19(30)15-7-8-17-18(13-15)25-22(33)28(20(17)31)16-5-3-2-4-6-16/h2-8,13-14H,9-12H2,1H3,(H,25,33)(H,26,34)(H,27,30). The topological polar surface area (TPSA) is 133 Å². The van der Waals surface area contributed by atoms with Gasteiger partial charge in [-0.3, -0.25) is 19.8 Å². The summed E-state index contributed by atoms with van der Waals surface area (Å²) in [6.45, 7) is 2.10. The van der Waals surface area contributed by atoms with Gasteiger partial charge in [-0.1, -0.05) is 25.1 Å². The van der Waals surface area contributed by atoms with E-state index >= 15 is 0 Å². The number of aromatic amines is 1. The molecule has 34 heavy (non-hydrogen) atoms. The molecule has 2 fully saturated rings. The lowest BCUT2D eigenvalue weighted by Crippen LogP contribution is -2.51. The van der Waals surface area contributed by atoms with Crippen LogP contribution in [0.5, 0.6) is 0 Å². The molecule has 3 aromatic rings. The van der Waals surface area contributed by atoms with Gasteiger partial charge < -0.3 is 10.3 Å². The molecule has 0 radical (unpaired) electrons. The molecule has 10 heteroatoms. The summed E-state index contributed by atoms with van der Waals surface area (Å²) in [6.07, 6.45) is 2.67. The number of nitrogens with one attached hydrogen (secondary N) is 3. The van der Waals surface area contributed by atoms with Crippen molar-refractivity contribution in [3.63, 3.8) is 0 Å². The highest BCUT2D eigenvalue weighted by Gasteiger charge is 2.52. The number of urea groups is 1. The summed E-state index contributed by atoms with van der Waals surface area (Å²) < 4.78 is 1.01. The smallest absolute Gasteiger partial charge is 0.322 e. The first-order valence-corrected chi connectivity index (χ1v) is 11.1. The number of para-hydroxylation sites is 1. The van der Waals surface area contributed by atoms with Crippen LogP contribution in [0.4, 0.5) is 4.79 Å². The van der Waals surface area contributed by atoms with Crippen LogP contribution in [0.3, 0.4) is 0 Å². The lowest BCUT2D eigenvalue weighted by Gasteiger charge is -2.33. The number of carbonyl (C=O) groups excluding carboxylic acids is 3. The fourth-order valence-corrected chi connectivity index (χ4v) is 4.65. The molecule has 1 saturated carbocycles. The van der Waals surface area contributed by atoms with Gasteiger partial charge in [0.05, 0.1) is 16.6 Å². The fourth-order valence-electron chi connectivity index (χ4n) is 4.65. The Hall–Kier alpha value is -4.21. The SMILES string of the molecule is CC1CCC2(CC1)NC(=O)N(NC(=O)c1ccc3c(=O)n(-c4ccccc4)c(=O)[nH]c3c1)C2=O. The van der Waals surface area contributed by atoms with E-state index in [0.29, 0.717) is 24.4 Å². The van der Waals surface area contributed by atoms with Crippen LogP contribution < -0.4 is 22.0 Å². The second-order valence-corrected chi connectivity index (χ2v) is 8.94. The molecular weight excluding hydrogens is 438 g/mol. The Morgan fingerprint density at radius 3 is 2.44 bits per heavy atom. The predicted molar refractivity (Wildman–Crippen MR) is 123 cm³/mol. The minimum atomic E-state index is -0.978. The number of amides is 4. The predicted octanol–water partition coefficient (Wildman–Crippen LogP) is 1.82. The molecule has 4 amide bonds. The van der Waals surface area contributed by atoms with Crippen molar-refractivity contribution in [2.45, 2.75) is 38.1 Å². The van der Waals surface area contributed by atoms with Crippen molar-refractivity contribution < 1.29 is 14.4 Å². The maximum Gasteiger partial charge on any atom is 0.344 e. The molecule has 1 aromatic heterocycles. The fraction of sp³-hybridized carbons (Fsp3) is 0.292. The van der Waals surface area contributed by atoms with Crippen molar-refractivity contribution in [1.29, 1.82) is 0 Å². The summed E-state index contributed by atoms with van der Waals surface area (Å²) in [6, 6.07) is 12.0. The van der Waals surface area contributed by atoms with Crippen LogP contribution in [-0.2, 0) is 4.79 Å². The summed E-state index contributed by atoms with van der Waals surface area (Å²) in [7, 11) is 0. The van der Waals surface area contributed by atoms with E-state index in [-0.39, 0.29) is 16.5 Å². The number of aromatic nitrogens is 2. The lowest BCUT2D eigenvalue weighted by atomic mass is 9.77. The largest absolute Gasteiger partial charge is 0.344 e. The lowest BCUT2D eigenvalue weighted by molar-refractivity contribution is -0.134. The Morgan fingerprint density at radius 1 is 1.03 bits per heavy atom. The monoisotopic (exact) mass is 461 g/mol. The third-order valence-electron chi connectivity index (χ3n) is 6.68. The maximum atomic E-state index is 13.0. The number of carbonyl (C=O) groups is 3. The zero-order valence-corrected chi connectivity index (χ0v) is 18.5. The van der Waals surface area contributed by atoms with E-state index in [1.54, 1.807) is 30.3 Å². The average molecular weight is 461 g/mol. The number of benzene rings is 2. The van der Waals surface area contributed by atoms with E-state index in [1.165, 1.54) is 18.2 Å². The second kappa shape index (κ2) is 7.98. The quantitative estimate of drug-likeness (QED) is 0.512. The van der Waals surface area contributed by atoms with Crippen LogP contribution in [0.15, 0.2) is 58.1 Å². The molecule has 5 rings (SSSR count). The summed E-state index contributed by atoms with van der Waals surface area (Å²) in [5.41, 5.74) is 0.882. The van der Waals surface area contributed by atoms with Crippen LogP contribution in [0.25, 0.3) is 16.6 Å². The molecule has 10 nitrogen and oxygen atoms in total. The van der Waals surface area contributed by atoms with Gasteiger partial charge >= 0.3 is 11.7 Å². The third-order valence-corrected chi connectivity index (χ3v) is 6.68. The number of H-pyrrole nitrogens is 1. The Morgan fingerprint density at radius 2 is 1.74 bits per heavy atom. The molecule has 0 bridgehead atoms. The minimum absolute atomic E-state index is 0.0822. The van der Waals surface area contributed by atoms with Crippen molar-refractivity contribution >= 4 is 28.7 Å². The first-order valence-electron chi connectivity index (χ1n) is 11.1. The molecule has 2 aromatic carbocycles. The highest BCUT2D eigenvalue weighted by atomic mass is 16.2. The van der Waals surface area contributed by atoms with Crippen molar-refractivity contribution in [2.75, 3.05) is 0 Å². The van der Waals surface area contributed by atoms with Gasteiger partial charge in [0.25, 0.3) is 17.4 Å². The molecule has 1 aliphatic carbocycles. The van der Waals surface area contributed by atoms with Crippen LogP contribution in [-0.4, -0.2) is 37.9 Å². The van der Waals surface area contributed by atoms with Crippen LogP contribution in [0, 0.1) is 5.92 Å². The first kappa shape index (κ1) is 21.6. The molecule has 1 saturated heterocycles. The van der Waals surface area contributed by atoms with Crippen LogP contribution >= 0.6 is 0 Å². The normalized spacial score (nSPS) is 22.3. The number of fused-ring (bicyclic) bond motifs is 1. The Kier molecular flexibility index (Phi) is 5.07. The molecule has 2 aliphatic rings. The number of nitrogens with zero attached hydrogens (tertiary/aromatic N) is 2. The second-order valence-electron chi connectivity index (χ2n) is 8.94. The molecule has 0 unspecified atom stereocenters. The van der Waals surface area contributed by atoms with Gasteiger partial charge in [-0.05, 0) is 61.9 Å². The van der Waals surface area contributed by atoms with Gasteiger partial charge in [0.15, 0.2) is 0 Å². The van der Waals surface area contributed by atoms with E-state index < -0.39 is 34.6 Å². The minimum Gasteiger partial charge on any atom is -0.322 e. The van der Waals surface area contributed by atoms with Crippen molar-refractivity contribution in [2.24, 2.45) is 5.92 Å². The van der Waals surface area contributed by atoms with E-state index in [1.807, 2.05) is 0 Å². The number of rotatable bonds is 3. The summed E-state index contributed by atoms with van der Waals surface area (Å²) in [5, 5.41) is 3.68.